The predicted molar refractivity (Wildman–Crippen MR) is 57.3 cm³/mol. The highest BCUT2D eigenvalue weighted by Gasteiger charge is 2.06. The van der Waals surface area contributed by atoms with Crippen LogP contribution in [0.5, 0.6) is 5.75 Å². The summed E-state index contributed by atoms with van der Waals surface area (Å²) in [6, 6.07) is 5.81. The Morgan fingerprint density at radius 1 is 1.31 bits per heavy atom. The second-order valence-electron chi connectivity index (χ2n) is 3.28. The molecule has 1 amide bonds. The van der Waals surface area contributed by atoms with Gasteiger partial charge in [0.25, 0.3) is 0 Å². The van der Waals surface area contributed by atoms with Crippen molar-refractivity contribution in [3.05, 3.63) is 29.8 Å². The van der Waals surface area contributed by atoms with Gasteiger partial charge in [0.1, 0.15) is 11.3 Å². The van der Waals surface area contributed by atoms with Crippen LogP contribution >= 0.6 is 0 Å². The number of amides is 1. The number of benzene rings is 1. The fourth-order valence-corrected chi connectivity index (χ4v) is 1.22. The lowest BCUT2D eigenvalue weighted by Gasteiger charge is -1.95. The van der Waals surface area contributed by atoms with E-state index in [0.29, 0.717) is 0 Å². The number of aromatic hydroxyl groups is 1. The fourth-order valence-electron chi connectivity index (χ4n) is 1.22. The van der Waals surface area contributed by atoms with Crippen molar-refractivity contribution in [3.8, 4) is 5.75 Å². The molecule has 2 rings (SSSR count). The highest BCUT2D eigenvalue weighted by Crippen LogP contribution is 2.14. The van der Waals surface area contributed by atoms with Crippen LogP contribution in [-0.2, 0) is 4.79 Å². The lowest BCUT2D eigenvalue weighted by atomic mass is 10.2. The number of para-hydroxylation sites is 1. The summed E-state index contributed by atoms with van der Waals surface area (Å²) in [5, 5.41) is 20.0. The van der Waals surface area contributed by atoms with E-state index < -0.39 is 5.97 Å². The van der Waals surface area contributed by atoms with E-state index in [1.54, 1.807) is 12.1 Å². The number of rotatable bonds is 1. The number of phenols is 1. The van der Waals surface area contributed by atoms with Crippen molar-refractivity contribution < 1.29 is 19.8 Å². The molecule has 1 aromatic rings. The number of carbonyl (C=O) groups excluding carboxylic acids is 1. The van der Waals surface area contributed by atoms with Crippen LogP contribution < -0.4 is 5.32 Å². The summed E-state index contributed by atoms with van der Waals surface area (Å²) >= 11 is 0. The minimum Gasteiger partial charge on any atom is -0.507 e. The molecule has 0 atom stereocenters. The largest absolute Gasteiger partial charge is 0.507 e. The second kappa shape index (κ2) is 5.75. The molecule has 1 saturated heterocycles. The van der Waals surface area contributed by atoms with Crippen LogP contribution in [0.2, 0.25) is 0 Å². The zero-order valence-electron chi connectivity index (χ0n) is 8.64. The Kier molecular flexibility index (Phi) is 4.32. The first kappa shape index (κ1) is 12.0. The van der Waals surface area contributed by atoms with Crippen LogP contribution in [0.4, 0.5) is 0 Å². The van der Waals surface area contributed by atoms with E-state index in [9.17, 15) is 9.59 Å². The van der Waals surface area contributed by atoms with E-state index in [4.69, 9.17) is 10.2 Å². The maximum absolute atomic E-state index is 10.3. The molecule has 16 heavy (non-hydrogen) atoms. The number of carboxylic acids is 1. The number of hydrogen-bond acceptors (Lipinski definition) is 3. The summed E-state index contributed by atoms with van der Waals surface area (Å²) in [7, 11) is 0. The van der Waals surface area contributed by atoms with E-state index in [2.05, 4.69) is 5.32 Å². The number of nitrogens with one attached hydrogen (secondary N) is 1. The Labute approximate surface area is 92.7 Å². The highest BCUT2D eigenvalue weighted by molar-refractivity contribution is 5.90. The van der Waals surface area contributed by atoms with Crippen LogP contribution in [0.25, 0.3) is 0 Å². The summed E-state index contributed by atoms with van der Waals surface area (Å²) in [6.07, 6.45) is 1.76. The first-order valence-corrected chi connectivity index (χ1v) is 4.89. The molecule has 0 unspecified atom stereocenters. The zero-order chi connectivity index (χ0) is 12.0. The third-order valence-electron chi connectivity index (χ3n) is 2.04. The van der Waals surface area contributed by atoms with E-state index in [1.807, 2.05) is 0 Å². The van der Waals surface area contributed by atoms with Crippen LogP contribution in [0.15, 0.2) is 24.3 Å². The molecular formula is C11H13NO4. The minimum absolute atomic E-state index is 0.0671. The van der Waals surface area contributed by atoms with Gasteiger partial charge < -0.3 is 15.5 Å². The zero-order valence-corrected chi connectivity index (χ0v) is 8.64. The SMILES string of the molecule is O=C(O)c1ccccc1O.O=C1CCCN1. The molecule has 0 radical (unpaired) electrons. The molecule has 86 valence electrons. The lowest BCUT2D eigenvalue weighted by Crippen LogP contribution is -2.12. The number of aromatic carboxylic acids is 1. The van der Waals surface area contributed by atoms with Crippen molar-refractivity contribution in [1.29, 1.82) is 0 Å². The molecule has 0 saturated carbocycles. The normalized spacial score (nSPS) is 13.6. The molecule has 3 N–H and O–H groups in total. The van der Waals surface area contributed by atoms with Crippen molar-refractivity contribution in [3.63, 3.8) is 0 Å². The van der Waals surface area contributed by atoms with E-state index in [1.165, 1.54) is 12.1 Å². The number of carbonyl (C=O) groups is 2. The Balaban J connectivity index is 0.000000181. The second-order valence-corrected chi connectivity index (χ2v) is 3.28. The molecule has 0 aromatic heterocycles. The van der Waals surface area contributed by atoms with Crippen molar-refractivity contribution in [2.24, 2.45) is 0 Å². The van der Waals surface area contributed by atoms with Gasteiger partial charge in [0.05, 0.1) is 0 Å². The van der Waals surface area contributed by atoms with Gasteiger partial charge in [0, 0.05) is 13.0 Å². The molecule has 0 spiro atoms. The Hall–Kier alpha value is -2.04. The van der Waals surface area contributed by atoms with Gasteiger partial charge in [-0.15, -0.1) is 0 Å². The standard InChI is InChI=1S/C7H6O3.C4H7NO/c8-6-4-2-1-3-5(6)7(9)10;6-4-2-1-3-5-4/h1-4,8H,(H,9,10);1-3H2,(H,5,6). The molecule has 0 aliphatic carbocycles. The van der Waals surface area contributed by atoms with Gasteiger partial charge in [-0.1, -0.05) is 12.1 Å². The van der Waals surface area contributed by atoms with E-state index >= 15 is 0 Å². The molecule has 1 heterocycles. The first-order valence-electron chi connectivity index (χ1n) is 4.89. The fraction of sp³-hybridized carbons (Fsp3) is 0.273. The molecule has 1 fully saturated rings. The lowest BCUT2D eigenvalue weighted by molar-refractivity contribution is -0.119. The van der Waals surface area contributed by atoms with Crippen LogP contribution in [0, 0.1) is 0 Å². The van der Waals surface area contributed by atoms with E-state index in [0.717, 1.165) is 19.4 Å². The van der Waals surface area contributed by atoms with Gasteiger partial charge in [-0.25, -0.2) is 4.79 Å². The van der Waals surface area contributed by atoms with Crippen LogP contribution in [0.3, 0.4) is 0 Å². The van der Waals surface area contributed by atoms with Gasteiger partial charge >= 0.3 is 5.97 Å². The maximum Gasteiger partial charge on any atom is 0.339 e. The van der Waals surface area contributed by atoms with Crippen molar-refractivity contribution in [1.82, 2.24) is 5.32 Å². The Bertz CT molecular complexity index is 381. The Morgan fingerprint density at radius 2 is 2.00 bits per heavy atom. The van der Waals surface area contributed by atoms with Crippen molar-refractivity contribution in [2.45, 2.75) is 12.8 Å². The quantitative estimate of drug-likeness (QED) is 0.662. The molecule has 5 nitrogen and oxygen atoms in total. The van der Waals surface area contributed by atoms with Gasteiger partial charge in [0.15, 0.2) is 0 Å². The third kappa shape index (κ3) is 3.61. The first-order chi connectivity index (χ1) is 7.61. The molecule has 1 aromatic carbocycles. The maximum atomic E-state index is 10.3. The van der Waals surface area contributed by atoms with Gasteiger partial charge in [0.2, 0.25) is 5.91 Å². The molecule has 0 bridgehead atoms. The summed E-state index contributed by atoms with van der Waals surface area (Å²) in [6.45, 7) is 0.888. The van der Waals surface area contributed by atoms with Crippen LogP contribution in [0.1, 0.15) is 23.2 Å². The summed E-state index contributed by atoms with van der Waals surface area (Å²) < 4.78 is 0. The molecule has 1 aliphatic heterocycles. The molecule has 5 heteroatoms. The van der Waals surface area contributed by atoms with Crippen molar-refractivity contribution in [2.75, 3.05) is 6.54 Å². The average Bonchev–Trinajstić information content (AvgIpc) is 2.70. The Morgan fingerprint density at radius 3 is 2.31 bits per heavy atom. The van der Waals surface area contributed by atoms with Gasteiger partial charge in [-0.2, -0.15) is 0 Å². The topological polar surface area (TPSA) is 86.6 Å². The summed E-state index contributed by atoms with van der Waals surface area (Å²) in [4.78, 5) is 20.4. The molecular weight excluding hydrogens is 210 g/mol. The van der Waals surface area contributed by atoms with Gasteiger partial charge in [-0.3, -0.25) is 4.79 Å². The van der Waals surface area contributed by atoms with Crippen molar-refractivity contribution >= 4 is 11.9 Å². The summed E-state index contributed by atoms with van der Waals surface area (Å²) in [5.74, 6) is -1.11. The average molecular weight is 223 g/mol. The smallest absolute Gasteiger partial charge is 0.339 e. The third-order valence-corrected chi connectivity index (χ3v) is 2.04. The monoisotopic (exact) mass is 223 g/mol. The number of hydrogen-bond donors (Lipinski definition) is 3. The minimum atomic E-state index is -1.11. The highest BCUT2D eigenvalue weighted by atomic mass is 16.4. The predicted octanol–water partition coefficient (Wildman–Crippen LogP) is 0.987. The van der Waals surface area contributed by atoms with Crippen LogP contribution in [-0.4, -0.2) is 28.6 Å². The summed E-state index contributed by atoms with van der Waals surface area (Å²) in [5.41, 5.74) is -0.0671. The van der Waals surface area contributed by atoms with E-state index in [-0.39, 0.29) is 17.2 Å². The number of carboxylic acid groups (broad SMARTS) is 1. The molecule has 1 aliphatic rings. The van der Waals surface area contributed by atoms with Gasteiger partial charge in [-0.05, 0) is 18.6 Å².